The average Bonchev–Trinajstić information content (AvgIpc) is 2.41. The fourth-order valence-electron chi connectivity index (χ4n) is 1.51. The Labute approximate surface area is 110 Å². The molecular weight excluding hydrogens is 242 g/mol. The molecular formula is C14H11N3O2. The monoisotopic (exact) mass is 253 g/mol. The van der Waals surface area contributed by atoms with Gasteiger partial charge in [0.05, 0.1) is 0 Å². The Morgan fingerprint density at radius 1 is 1.37 bits per heavy atom. The van der Waals surface area contributed by atoms with Gasteiger partial charge in [0.1, 0.15) is 17.5 Å². The Morgan fingerprint density at radius 2 is 2.16 bits per heavy atom. The Morgan fingerprint density at radius 3 is 2.84 bits per heavy atom. The van der Waals surface area contributed by atoms with Crippen molar-refractivity contribution >= 4 is 5.91 Å². The number of benzene rings is 1. The second-order valence-electron chi connectivity index (χ2n) is 3.92. The third kappa shape index (κ3) is 2.87. The van der Waals surface area contributed by atoms with Crippen LogP contribution >= 0.6 is 0 Å². The minimum absolute atomic E-state index is 0.265. The van der Waals surface area contributed by atoms with Gasteiger partial charge in [0.25, 0.3) is 0 Å². The van der Waals surface area contributed by atoms with Gasteiger partial charge in [-0.25, -0.2) is 4.98 Å². The Bertz CT molecular complexity index is 675. The van der Waals surface area contributed by atoms with Crippen molar-refractivity contribution in [3.8, 4) is 17.7 Å². The van der Waals surface area contributed by atoms with E-state index in [9.17, 15) is 4.79 Å². The average molecular weight is 253 g/mol. The van der Waals surface area contributed by atoms with Crippen LogP contribution < -0.4 is 10.5 Å². The summed E-state index contributed by atoms with van der Waals surface area (Å²) < 4.78 is 5.57. The number of nitriles is 1. The summed E-state index contributed by atoms with van der Waals surface area (Å²) in [5, 5.41) is 8.77. The lowest BCUT2D eigenvalue weighted by molar-refractivity contribution is 0.1000. The summed E-state index contributed by atoms with van der Waals surface area (Å²) in [6, 6.07) is 11.7. The summed E-state index contributed by atoms with van der Waals surface area (Å²) in [4.78, 5) is 15.1. The van der Waals surface area contributed by atoms with Crippen molar-refractivity contribution in [1.29, 1.82) is 5.26 Å². The normalized spacial score (nSPS) is 9.68. The SMILES string of the molecule is Cc1ccc(C(N)=O)cc1Oc1cccc(C#N)n1. The second-order valence-corrected chi connectivity index (χ2v) is 3.92. The van der Waals surface area contributed by atoms with Gasteiger partial charge in [-0.3, -0.25) is 4.79 Å². The second kappa shape index (κ2) is 5.19. The molecule has 1 aromatic carbocycles. The van der Waals surface area contributed by atoms with Crippen LogP contribution in [0.4, 0.5) is 0 Å². The number of carbonyl (C=O) groups is 1. The van der Waals surface area contributed by atoms with Crippen LogP contribution in [0.15, 0.2) is 36.4 Å². The van der Waals surface area contributed by atoms with Crippen LogP contribution in [0.3, 0.4) is 0 Å². The first kappa shape index (κ1) is 12.6. The van der Waals surface area contributed by atoms with Crippen LogP contribution in [-0.4, -0.2) is 10.9 Å². The fraction of sp³-hybridized carbons (Fsp3) is 0.0714. The predicted octanol–water partition coefficient (Wildman–Crippen LogP) is 2.15. The Hall–Kier alpha value is -2.87. The molecule has 1 amide bonds. The fourth-order valence-corrected chi connectivity index (χ4v) is 1.51. The number of hydrogen-bond acceptors (Lipinski definition) is 4. The number of hydrogen-bond donors (Lipinski definition) is 1. The number of nitrogens with two attached hydrogens (primary N) is 1. The van der Waals surface area contributed by atoms with E-state index < -0.39 is 5.91 Å². The number of aryl methyl sites for hydroxylation is 1. The van der Waals surface area contributed by atoms with Crippen molar-refractivity contribution < 1.29 is 9.53 Å². The molecule has 19 heavy (non-hydrogen) atoms. The molecule has 2 aromatic rings. The van der Waals surface area contributed by atoms with Gasteiger partial charge in [0, 0.05) is 11.6 Å². The highest BCUT2D eigenvalue weighted by Crippen LogP contribution is 2.24. The maximum Gasteiger partial charge on any atom is 0.248 e. The molecule has 0 saturated carbocycles. The standard InChI is InChI=1S/C14H11N3O2/c1-9-5-6-10(14(16)18)7-12(9)19-13-4-2-3-11(8-15)17-13/h2-7H,1H3,(H2,16,18). The lowest BCUT2D eigenvalue weighted by Crippen LogP contribution is -2.10. The van der Waals surface area contributed by atoms with Gasteiger partial charge in [-0.1, -0.05) is 12.1 Å². The molecule has 0 aliphatic rings. The predicted molar refractivity (Wildman–Crippen MR) is 68.7 cm³/mol. The van der Waals surface area contributed by atoms with Crippen molar-refractivity contribution in [2.45, 2.75) is 6.92 Å². The number of amides is 1. The molecule has 0 aliphatic heterocycles. The zero-order chi connectivity index (χ0) is 13.8. The van der Waals surface area contributed by atoms with E-state index in [-0.39, 0.29) is 5.69 Å². The number of primary amides is 1. The molecule has 1 heterocycles. The highest BCUT2D eigenvalue weighted by molar-refractivity contribution is 5.93. The number of rotatable bonds is 3. The van der Waals surface area contributed by atoms with Crippen LogP contribution in [-0.2, 0) is 0 Å². The van der Waals surface area contributed by atoms with E-state index in [4.69, 9.17) is 15.7 Å². The van der Waals surface area contributed by atoms with E-state index in [2.05, 4.69) is 4.98 Å². The first-order valence-electron chi connectivity index (χ1n) is 5.55. The zero-order valence-corrected chi connectivity index (χ0v) is 10.3. The quantitative estimate of drug-likeness (QED) is 0.907. The summed E-state index contributed by atoms with van der Waals surface area (Å²) in [6.07, 6.45) is 0. The molecule has 0 unspecified atom stereocenters. The highest BCUT2D eigenvalue weighted by Gasteiger charge is 2.07. The lowest BCUT2D eigenvalue weighted by Gasteiger charge is -2.08. The molecule has 5 heteroatoms. The largest absolute Gasteiger partial charge is 0.439 e. The first-order valence-corrected chi connectivity index (χ1v) is 5.55. The molecule has 0 saturated heterocycles. The third-order valence-electron chi connectivity index (χ3n) is 2.53. The number of nitrogens with zero attached hydrogens (tertiary/aromatic N) is 2. The van der Waals surface area contributed by atoms with Gasteiger partial charge in [-0.2, -0.15) is 5.26 Å². The van der Waals surface area contributed by atoms with Crippen molar-refractivity contribution in [3.63, 3.8) is 0 Å². The van der Waals surface area contributed by atoms with E-state index in [0.717, 1.165) is 5.56 Å². The maximum atomic E-state index is 11.1. The topological polar surface area (TPSA) is 89.0 Å². The minimum Gasteiger partial charge on any atom is -0.439 e. The first-order chi connectivity index (χ1) is 9.10. The summed E-state index contributed by atoms with van der Waals surface area (Å²) >= 11 is 0. The van der Waals surface area contributed by atoms with Crippen LogP contribution in [0, 0.1) is 18.3 Å². The molecule has 5 nitrogen and oxygen atoms in total. The minimum atomic E-state index is -0.524. The van der Waals surface area contributed by atoms with Crippen LogP contribution in [0.5, 0.6) is 11.6 Å². The van der Waals surface area contributed by atoms with Crippen molar-refractivity contribution in [3.05, 3.63) is 53.2 Å². The summed E-state index contributed by atoms with van der Waals surface area (Å²) in [6.45, 7) is 1.84. The van der Waals surface area contributed by atoms with Gasteiger partial charge >= 0.3 is 0 Å². The van der Waals surface area contributed by atoms with E-state index in [1.165, 1.54) is 0 Å². The third-order valence-corrected chi connectivity index (χ3v) is 2.53. The molecule has 0 aliphatic carbocycles. The van der Waals surface area contributed by atoms with Gasteiger partial charge in [0.15, 0.2) is 0 Å². The number of carbonyl (C=O) groups excluding carboxylic acids is 1. The number of ether oxygens (including phenoxy) is 1. The zero-order valence-electron chi connectivity index (χ0n) is 10.3. The highest BCUT2D eigenvalue weighted by atomic mass is 16.5. The van der Waals surface area contributed by atoms with Gasteiger partial charge in [-0.15, -0.1) is 0 Å². The number of pyridine rings is 1. The summed E-state index contributed by atoms with van der Waals surface area (Å²) in [5.41, 5.74) is 6.68. The van der Waals surface area contributed by atoms with E-state index >= 15 is 0 Å². The smallest absolute Gasteiger partial charge is 0.248 e. The van der Waals surface area contributed by atoms with Gasteiger partial charge < -0.3 is 10.5 Å². The number of aromatic nitrogens is 1. The molecule has 0 spiro atoms. The molecule has 0 atom stereocenters. The molecule has 2 rings (SSSR count). The van der Waals surface area contributed by atoms with E-state index in [1.807, 2.05) is 13.0 Å². The van der Waals surface area contributed by atoms with Gasteiger partial charge in [0.2, 0.25) is 11.8 Å². The van der Waals surface area contributed by atoms with Crippen LogP contribution in [0.25, 0.3) is 0 Å². The molecule has 0 bridgehead atoms. The van der Waals surface area contributed by atoms with Crippen molar-refractivity contribution in [1.82, 2.24) is 4.98 Å². The van der Waals surface area contributed by atoms with Gasteiger partial charge in [-0.05, 0) is 30.7 Å². The lowest BCUT2D eigenvalue weighted by atomic mass is 10.1. The van der Waals surface area contributed by atoms with Crippen molar-refractivity contribution in [2.75, 3.05) is 0 Å². The van der Waals surface area contributed by atoms with E-state index in [0.29, 0.717) is 17.2 Å². The molecule has 94 valence electrons. The summed E-state index contributed by atoms with van der Waals surface area (Å²) in [7, 11) is 0. The molecule has 0 fully saturated rings. The Kier molecular flexibility index (Phi) is 3.44. The molecule has 2 N–H and O–H groups in total. The molecule has 1 aromatic heterocycles. The van der Waals surface area contributed by atoms with Crippen LogP contribution in [0.2, 0.25) is 0 Å². The van der Waals surface area contributed by atoms with Crippen molar-refractivity contribution in [2.24, 2.45) is 5.73 Å². The van der Waals surface area contributed by atoms with E-state index in [1.54, 1.807) is 36.4 Å². The van der Waals surface area contributed by atoms with Crippen LogP contribution in [0.1, 0.15) is 21.6 Å². The Balaban J connectivity index is 2.34. The molecule has 0 radical (unpaired) electrons. The maximum absolute atomic E-state index is 11.1. The summed E-state index contributed by atoms with van der Waals surface area (Å²) in [5.74, 6) is 0.256.